The van der Waals surface area contributed by atoms with E-state index in [0.29, 0.717) is 0 Å². The van der Waals surface area contributed by atoms with Crippen LogP contribution in [0.15, 0.2) is 23.1 Å². The van der Waals surface area contributed by atoms with Gasteiger partial charge >= 0.3 is 0 Å². The Morgan fingerprint density at radius 2 is 1.78 bits per heavy atom. The standard InChI is InChI=1S/C23H26N2O7/c1-9(2)25-15(28)8-24-11(4)16-13(27)7-14-23(6,22(16)31)18-20(30)10(3)19(29)17(12(5)26)21(18)32-14/h7,9,24,29-30H,8H2,1-6H3,(H,25,28)/b16-11+/t23-/m1/s1. The smallest absolute Gasteiger partial charge is 0.239 e. The molecule has 170 valence electrons. The minimum atomic E-state index is -1.59. The number of hydrogen-bond donors (Lipinski definition) is 4. The number of phenolic OH excluding ortho intramolecular Hbond substituents is 2. The highest BCUT2D eigenvalue weighted by Gasteiger charge is 2.56. The van der Waals surface area contributed by atoms with Crippen molar-refractivity contribution in [1.29, 1.82) is 0 Å². The molecule has 32 heavy (non-hydrogen) atoms. The van der Waals surface area contributed by atoms with Crippen molar-refractivity contribution in [1.82, 2.24) is 10.6 Å². The number of ether oxygens (including phenoxy) is 1. The van der Waals surface area contributed by atoms with Crippen molar-refractivity contribution in [3.63, 3.8) is 0 Å². The Labute approximate surface area is 185 Å². The second kappa shape index (κ2) is 7.81. The first-order chi connectivity index (χ1) is 14.8. The number of phenols is 2. The molecule has 0 bridgehead atoms. The van der Waals surface area contributed by atoms with Gasteiger partial charge in [0.2, 0.25) is 5.91 Å². The van der Waals surface area contributed by atoms with Crippen LogP contribution in [0.2, 0.25) is 0 Å². The molecule has 3 rings (SSSR count). The molecule has 9 heteroatoms. The fraction of sp³-hybridized carbons (Fsp3) is 0.391. The van der Waals surface area contributed by atoms with Crippen LogP contribution in [0.1, 0.15) is 56.1 Å². The van der Waals surface area contributed by atoms with E-state index in [1.807, 2.05) is 13.8 Å². The summed E-state index contributed by atoms with van der Waals surface area (Å²) in [6.07, 6.45) is 1.13. The maximum Gasteiger partial charge on any atom is 0.239 e. The van der Waals surface area contributed by atoms with Crippen LogP contribution in [-0.4, -0.2) is 46.1 Å². The molecule has 1 amide bonds. The van der Waals surface area contributed by atoms with Gasteiger partial charge in [-0.3, -0.25) is 19.2 Å². The molecule has 1 heterocycles. The second-order valence-corrected chi connectivity index (χ2v) is 8.46. The molecular weight excluding hydrogens is 416 g/mol. The predicted octanol–water partition coefficient (Wildman–Crippen LogP) is 1.68. The molecule has 1 aromatic rings. The number of rotatable bonds is 5. The topological polar surface area (TPSA) is 142 Å². The number of Topliss-reactive ketones (excluding diaryl/α,β-unsaturated/α-hetero) is 2. The summed E-state index contributed by atoms with van der Waals surface area (Å²) in [6, 6.07) is -0.0650. The minimum Gasteiger partial charge on any atom is -0.507 e. The van der Waals surface area contributed by atoms with Gasteiger partial charge in [-0.1, -0.05) is 0 Å². The Kier molecular flexibility index (Phi) is 5.63. The quantitative estimate of drug-likeness (QED) is 0.307. The van der Waals surface area contributed by atoms with Gasteiger partial charge < -0.3 is 25.6 Å². The van der Waals surface area contributed by atoms with E-state index in [2.05, 4.69) is 10.6 Å². The van der Waals surface area contributed by atoms with Gasteiger partial charge in [-0.15, -0.1) is 0 Å². The number of carbonyl (C=O) groups excluding carboxylic acids is 4. The number of fused-ring (bicyclic) bond motifs is 3. The predicted molar refractivity (Wildman–Crippen MR) is 115 cm³/mol. The average Bonchev–Trinajstić information content (AvgIpc) is 2.97. The third-order valence-corrected chi connectivity index (χ3v) is 5.72. The molecule has 0 saturated heterocycles. The number of aromatic hydroxyl groups is 2. The monoisotopic (exact) mass is 442 g/mol. The van der Waals surface area contributed by atoms with Crippen LogP contribution in [0.4, 0.5) is 0 Å². The lowest BCUT2D eigenvalue weighted by Crippen LogP contribution is -2.42. The Morgan fingerprint density at radius 1 is 1.16 bits per heavy atom. The van der Waals surface area contributed by atoms with Gasteiger partial charge in [0.25, 0.3) is 0 Å². The van der Waals surface area contributed by atoms with Gasteiger partial charge in [0.05, 0.1) is 17.7 Å². The zero-order valence-corrected chi connectivity index (χ0v) is 18.8. The van der Waals surface area contributed by atoms with Crippen molar-refractivity contribution in [2.45, 2.75) is 53.0 Å². The lowest BCUT2D eigenvalue weighted by atomic mass is 9.70. The van der Waals surface area contributed by atoms with Crippen LogP contribution < -0.4 is 15.4 Å². The van der Waals surface area contributed by atoms with E-state index in [9.17, 15) is 29.4 Å². The molecule has 0 spiro atoms. The molecule has 0 aromatic heterocycles. The maximum atomic E-state index is 13.6. The normalized spacial score (nSPS) is 20.9. The first kappa shape index (κ1) is 23.1. The molecular formula is C23H26N2O7. The van der Waals surface area contributed by atoms with Crippen LogP contribution in [0.5, 0.6) is 17.2 Å². The summed E-state index contributed by atoms with van der Waals surface area (Å²) < 4.78 is 5.71. The summed E-state index contributed by atoms with van der Waals surface area (Å²) >= 11 is 0. The maximum absolute atomic E-state index is 13.6. The number of ketones is 3. The Balaban J connectivity index is 2.13. The first-order valence-corrected chi connectivity index (χ1v) is 10.1. The van der Waals surface area contributed by atoms with Crippen LogP contribution in [0, 0.1) is 6.92 Å². The Hall–Kier alpha value is -3.62. The van der Waals surface area contributed by atoms with E-state index in [4.69, 9.17) is 4.74 Å². The third-order valence-electron chi connectivity index (χ3n) is 5.72. The summed E-state index contributed by atoms with van der Waals surface area (Å²) in [6.45, 7) is 9.11. The van der Waals surface area contributed by atoms with Crippen LogP contribution in [0.3, 0.4) is 0 Å². The van der Waals surface area contributed by atoms with Crippen molar-refractivity contribution >= 4 is 23.3 Å². The zero-order valence-electron chi connectivity index (χ0n) is 18.8. The van der Waals surface area contributed by atoms with Crippen molar-refractivity contribution < 1.29 is 34.1 Å². The summed E-state index contributed by atoms with van der Waals surface area (Å²) in [5.41, 5.74) is -1.70. The third kappa shape index (κ3) is 3.34. The molecule has 0 unspecified atom stereocenters. The Bertz CT molecular complexity index is 1140. The molecule has 1 atom stereocenters. The van der Waals surface area contributed by atoms with Crippen molar-refractivity contribution in [2.24, 2.45) is 0 Å². The summed E-state index contributed by atoms with van der Waals surface area (Å²) in [5, 5.41) is 26.7. The highest BCUT2D eigenvalue weighted by molar-refractivity contribution is 6.31. The number of amides is 1. The lowest BCUT2D eigenvalue weighted by Gasteiger charge is -2.29. The van der Waals surface area contributed by atoms with Crippen molar-refractivity contribution in [3.05, 3.63) is 39.8 Å². The van der Waals surface area contributed by atoms with E-state index in [0.717, 1.165) is 6.08 Å². The number of nitrogens with one attached hydrogen (secondary N) is 2. The minimum absolute atomic E-state index is 0.0181. The summed E-state index contributed by atoms with van der Waals surface area (Å²) in [5.74, 6) is -3.12. The number of carbonyl (C=O) groups is 4. The average molecular weight is 442 g/mol. The van der Waals surface area contributed by atoms with Gasteiger partial charge in [0, 0.05) is 23.4 Å². The zero-order chi connectivity index (χ0) is 24.1. The summed E-state index contributed by atoms with van der Waals surface area (Å²) in [4.78, 5) is 50.5. The lowest BCUT2D eigenvalue weighted by molar-refractivity contribution is -0.124. The fourth-order valence-corrected chi connectivity index (χ4v) is 4.04. The van der Waals surface area contributed by atoms with Crippen LogP contribution in [-0.2, 0) is 19.8 Å². The van der Waals surface area contributed by atoms with Gasteiger partial charge in [-0.05, 0) is 41.5 Å². The van der Waals surface area contributed by atoms with Gasteiger partial charge in [0.1, 0.15) is 34.0 Å². The number of benzene rings is 1. The van der Waals surface area contributed by atoms with E-state index >= 15 is 0 Å². The van der Waals surface area contributed by atoms with Crippen LogP contribution >= 0.6 is 0 Å². The molecule has 0 saturated carbocycles. The molecule has 0 fully saturated rings. The molecule has 0 radical (unpaired) electrons. The largest absolute Gasteiger partial charge is 0.507 e. The molecule has 1 aromatic carbocycles. The molecule has 1 aliphatic carbocycles. The Morgan fingerprint density at radius 3 is 2.34 bits per heavy atom. The number of hydrogen-bond acceptors (Lipinski definition) is 8. The van der Waals surface area contributed by atoms with Gasteiger partial charge in [0.15, 0.2) is 17.3 Å². The highest BCUT2D eigenvalue weighted by atomic mass is 16.5. The fourth-order valence-electron chi connectivity index (χ4n) is 4.04. The molecule has 9 nitrogen and oxygen atoms in total. The number of allylic oxidation sites excluding steroid dienone is 4. The van der Waals surface area contributed by atoms with Crippen molar-refractivity contribution in [3.8, 4) is 17.2 Å². The van der Waals surface area contributed by atoms with Gasteiger partial charge in [-0.25, -0.2) is 0 Å². The summed E-state index contributed by atoms with van der Waals surface area (Å²) in [7, 11) is 0. The highest BCUT2D eigenvalue weighted by Crippen LogP contribution is 2.57. The van der Waals surface area contributed by atoms with E-state index in [1.54, 1.807) is 0 Å². The van der Waals surface area contributed by atoms with E-state index in [-0.39, 0.29) is 58.0 Å². The molecule has 4 N–H and O–H groups in total. The van der Waals surface area contributed by atoms with E-state index in [1.165, 1.54) is 27.7 Å². The van der Waals surface area contributed by atoms with E-state index < -0.39 is 34.3 Å². The second-order valence-electron chi connectivity index (χ2n) is 8.46. The van der Waals surface area contributed by atoms with Crippen molar-refractivity contribution in [2.75, 3.05) is 6.54 Å². The SMILES string of the molecule is CC(=O)c1c(O)c(C)c(O)c2c1OC1=CC(=O)/C(=C(/C)NCC(=O)NC(C)C)C(=O)[C@]12C. The molecule has 2 aliphatic rings. The van der Waals surface area contributed by atoms with Gasteiger partial charge in [-0.2, -0.15) is 0 Å². The van der Waals surface area contributed by atoms with Crippen LogP contribution in [0.25, 0.3) is 0 Å². The molecule has 1 aliphatic heterocycles. The first-order valence-electron chi connectivity index (χ1n) is 10.1.